The third kappa shape index (κ3) is 10.2. The molecule has 12 heteroatoms. The second kappa shape index (κ2) is 11.8. The summed E-state index contributed by atoms with van der Waals surface area (Å²) in [5.41, 5.74) is 0. The van der Waals surface area contributed by atoms with Crippen LogP contribution in [0.15, 0.2) is 0 Å². The SMILES string of the molecule is CNCCCCCCOP(=O)([O-])O[C@H]1CCO[C@@H]1COP(=O)(O)OC. The van der Waals surface area contributed by atoms with E-state index in [1.54, 1.807) is 0 Å². The van der Waals surface area contributed by atoms with E-state index >= 15 is 0 Å². The third-order valence-electron chi connectivity index (χ3n) is 3.62. The molecule has 1 aliphatic rings. The lowest BCUT2D eigenvalue weighted by atomic mass is 10.2. The molecule has 0 amide bonds. The van der Waals surface area contributed by atoms with Gasteiger partial charge in [-0.05, 0) is 26.4 Å². The Hall–Kier alpha value is 0.140. The van der Waals surface area contributed by atoms with E-state index in [0.717, 1.165) is 32.9 Å². The predicted molar refractivity (Wildman–Crippen MR) is 88.0 cm³/mol. The van der Waals surface area contributed by atoms with Gasteiger partial charge in [0.05, 0.1) is 19.3 Å². The summed E-state index contributed by atoms with van der Waals surface area (Å²) in [5, 5.41) is 3.04. The molecule has 0 aromatic carbocycles. The number of nitrogens with one attached hydrogen (secondary N) is 1. The lowest BCUT2D eigenvalue weighted by molar-refractivity contribution is -0.231. The Balaban J connectivity index is 2.29. The van der Waals surface area contributed by atoms with Crippen molar-refractivity contribution in [2.75, 3.05) is 40.5 Å². The molecule has 0 aromatic rings. The summed E-state index contributed by atoms with van der Waals surface area (Å²) >= 11 is 0. The van der Waals surface area contributed by atoms with Crippen molar-refractivity contribution < 1.29 is 41.7 Å². The molecule has 0 aliphatic carbocycles. The summed E-state index contributed by atoms with van der Waals surface area (Å²) in [5.74, 6) is 0. The van der Waals surface area contributed by atoms with Crippen LogP contribution in [-0.2, 0) is 32.0 Å². The molecule has 1 heterocycles. The zero-order valence-corrected chi connectivity index (χ0v) is 16.4. The molecule has 0 aromatic heterocycles. The largest absolute Gasteiger partial charge is 0.756 e. The zero-order valence-electron chi connectivity index (χ0n) is 14.6. The van der Waals surface area contributed by atoms with E-state index in [0.29, 0.717) is 12.8 Å². The number of unbranched alkanes of at least 4 members (excludes halogenated alkanes) is 3. The molecule has 1 saturated heterocycles. The predicted octanol–water partition coefficient (Wildman–Crippen LogP) is 1.19. The van der Waals surface area contributed by atoms with Gasteiger partial charge in [0.25, 0.3) is 7.82 Å². The first kappa shape index (κ1) is 23.2. The lowest BCUT2D eigenvalue weighted by Crippen LogP contribution is -2.30. The van der Waals surface area contributed by atoms with E-state index in [4.69, 9.17) is 18.3 Å². The second-order valence-corrected chi connectivity index (χ2v) is 8.51. The van der Waals surface area contributed by atoms with Gasteiger partial charge < -0.3 is 28.9 Å². The molecule has 0 bridgehead atoms. The summed E-state index contributed by atoms with van der Waals surface area (Å²) in [6.07, 6.45) is 2.21. The van der Waals surface area contributed by atoms with Gasteiger partial charge in [0.1, 0.15) is 6.10 Å². The van der Waals surface area contributed by atoms with E-state index in [1.807, 2.05) is 7.05 Å². The summed E-state index contributed by atoms with van der Waals surface area (Å²) in [4.78, 5) is 21.1. The van der Waals surface area contributed by atoms with Crippen LogP contribution >= 0.6 is 15.6 Å². The molecule has 0 saturated carbocycles. The van der Waals surface area contributed by atoms with Crippen LogP contribution in [0.3, 0.4) is 0 Å². The summed E-state index contributed by atoms with van der Waals surface area (Å²) in [6, 6.07) is 0. The molecular formula is C13H28NO9P2-. The molecular weight excluding hydrogens is 376 g/mol. The van der Waals surface area contributed by atoms with Gasteiger partial charge in [0.15, 0.2) is 0 Å². The van der Waals surface area contributed by atoms with Gasteiger partial charge >= 0.3 is 7.82 Å². The molecule has 1 aliphatic heterocycles. The molecule has 150 valence electrons. The van der Waals surface area contributed by atoms with Crippen molar-refractivity contribution in [1.29, 1.82) is 0 Å². The van der Waals surface area contributed by atoms with Crippen LogP contribution in [0.4, 0.5) is 0 Å². The fourth-order valence-corrected chi connectivity index (χ4v) is 3.68. The Morgan fingerprint density at radius 2 is 1.96 bits per heavy atom. The molecule has 25 heavy (non-hydrogen) atoms. The van der Waals surface area contributed by atoms with Crippen molar-refractivity contribution in [3.63, 3.8) is 0 Å². The fraction of sp³-hybridized carbons (Fsp3) is 1.00. The number of ether oxygens (including phenoxy) is 1. The Labute approximate surface area is 148 Å². The molecule has 0 radical (unpaired) electrons. The smallest absolute Gasteiger partial charge is 0.472 e. The Morgan fingerprint density at radius 3 is 2.64 bits per heavy atom. The monoisotopic (exact) mass is 404 g/mol. The van der Waals surface area contributed by atoms with E-state index in [-0.39, 0.29) is 19.8 Å². The van der Waals surface area contributed by atoms with Crippen LogP contribution in [0.5, 0.6) is 0 Å². The van der Waals surface area contributed by atoms with Gasteiger partial charge in [-0.3, -0.25) is 13.6 Å². The van der Waals surface area contributed by atoms with Crippen LogP contribution in [-0.4, -0.2) is 57.6 Å². The highest BCUT2D eigenvalue weighted by Crippen LogP contribution is 2.45. The Morgan fingerprint density at radius 1 is 1.24 bits per heavy atom. The Kier molecular flexibility index (Phi) is 10.9. The number of phosphoric acid groups is 2. The molecule has 0 spiro atoms. The van der Waals surface area contributed by atoms with Gasteiger partial charge in [0.2, 0.25) is 0 Å². The highest BCUT2D eigenvalue weighted by atomic mass is 31.2. The molecule has 1 fully saturated rings. The van der Waals surface area contributed by atoms with Gasteiger partial charge in [-0.25, -0.2) is 4.57 Å². The molecule has 4 atom stereocenters. The summed E-state index contributed by atoms with van der Waals surface area (Å²) in [7, 11) is -5.71. The maximum absolute atomic E-state index is 11.9. The minimum Gasteiger partial charge on any atom is -0.756 e. The van der Waals surface area contributed by atoms with Crippen molar-refractivity contribution in [2.45, 2.75) is 44.3 Å². The van der Waals surface area contributed by atoms with Crippen molar-refractivity contribution in [3.05, 3.63) is 0 Å². The topological polar surface area (TPSA) is 136 Å². The maximum Gasteiger partial charge on any atom is 0.472 e. The molecule has 10 nitrogen and oxygen atoms in total. The van der Waals surface area contributed by atoms with Crippen LogP contribution in [0, 0.1) is 0 Å². The summed E-state index contributed by atoms with van der Waals surface area (Å²) in [6.45, 7) is 0.925. The average molecular weight is 404 g/mol. The van der Waals surface area contributed by atoms with Crippen LogP contribution in [0.2, 0.25) is 0 Å². The van der Waals surface area contributed by atoms with Crippen LogP contribution in [0.25, 0.3) is 0 Å². The zero-order chi connectivity index (χ0) is 18.8. The molecule has 2 unspecified atom stereocenters. The van der Waals surface area contributed by atoms with Crippen molar-refractivity contribution in [1.82, 2.24) is 5.32 Å². The van der Waals surface area contributed by atoms with Gasteiger partial charge in [0, 0.05) is 20.1 Å². The minimum absolute atomic E-state index is 0.0601. The maximum atomic E-state index is 11.9. The minimum atomic E-state index is -4.47. The lowest BCUT2D eigenvalue weighted by Gasteiger charge is -2.28. The van der Waals surface area contributed by atoms with Gasteiger partial charge in [-0.1, -0.05) is 12.8 Å². The van der Waals surface area contributed by atoms with Crippen LogP contribution in [0.1, 0.15) is 32.1 Å². The van der Waals surface area contributed by atoms with Crippen molar-refractivity contribution in [2.24, 2.45) is 0 Å². The van der Waals surface area contributed by atoms with Gasteiger partial charge in [-0.15, -0.1) is 0 Å². The number of hydrogen-bond donors (Lipinski definition) is 2. The fourth-order valence-electron chi connectivity index (χ4n) is 2.26. The number of phosphoric ester groups is 2. The average Bonchev–Trinajstić information content (AvgIpc) is 2.98. The van der Waals surface area contributed by atoms with E-state index in [2.05, 4.69) is 9.84 Å². The van der Waals surface area contributed by atoms with E-state index in [9.17, 15) is 18.9 Å². The van der Waals surface area contributed by atoms with Gasteiger partial charge in [-0.2, -0.15) is 0 Å². The third-order valence-corrected chi connectivity index (χ3v) is 5.58. The van der Waals surface area contributed by atoms with E-state index < -0.39 is 27.9 Å². The number of rotatable bonds is 14. The van der Waals surface area contributed by atoms with Crippen molar-refractivity contribution in [3.8, 4) is 0 Å². The molecule has 1 rings (SSSR count). The summed E-state index contributed by atoms with van der Waals surface area (Å²) < 4.78 is 47.3. The number of hydrogen-bond acceptors (Lipinski definition) is 9. The highest BCUT2D eigenvalue weighted by molar-refractivity contribution is 7.47. The standard InChI is InChI=1S/C13H29NO9P2/c1-14-8-5-3-4-6-9-21-25(17,18)23-12-7-10-20-13(12)11-22-24(15,16)19-2/h12-14H,3-11H2,1-2H3,(H,15,16)(H,17,18)/p-1/t12-,13+/m0/s1. The van der Waals surface area contributed by atoms with Crippen molar-refractivity contribution >= 4 is 15.6 Å². The Bertz CT molecular complexity index is 465. The highest BCUT2D eigenvalue weighted by Gasteiger charge is 2.34. The van der Waals surface area contributed by atoms with E-state index in [1.165, 1.54) is 0 Å². The first-order valence-electron chi connectivity index (χ1n) is 8.23. The van der Waals surface area contributed by atoms with Crippen LogP contribution < -0.4 is 10.2 Å². The normalized spacial score (nSPS) is 25.6. The first-order valence-corrected chi connectivity index (χ1v) is 11.2. The second-order valence-electron chi connectivity index (χ2n) is 5.59. The first-order chi connectivity index (χ1) is 11.8. The molecule has 2 N–H and O–H groups in total. The quantitative estimate of drug-likeness (QED) is 0.321.